The van der Waals surface area contributed by atoms with Gasteiger partial charge in [-0.1, -0.05) is 42.5 Å². The summed E-state index contributed by atoms with van der Waals surface area (Å²) < 4.78 is 5.63. The van der Waals surface area contributed by atoms with E-state index in [4.69, 9.17) is 4.74 Å². The molecule has 1 heterocycles. The summed E-state index contributed by atoms with van der Waals surface area (Å²) in [7, 11) is 0. The molecule has 0 spiro atoms. The maximum absolute atomic E-state index is 12.4. The van der Waals surface area contributed by atoms with Gasteiger partial charge in [0.05, 0.1) is 5.69 Å². The number of ether oxygens (including phenoxy) is 1. The number of hydrogen-bond donors (Lipinski definition) is 1. The number of hydrogen-bond acceptors (Lipinski definition) is 3. The van der Waals surface area contributed by atoms with Crippen molar-refractivity contribution in [2.24, 2.45) is 0 Å². The Morgan fingerprint density at radius 2 is 1.88 bits per heavy atom. The summed E-state index contributed by atoms with van der Waals surface area (Å²) in [6, 6.07) is 17.9. The number of para-hydroxylation sites is 2. The number of benzene rings is 2. The molecule has 1 N–H and O–H groups in total. The van der Waals surface area contributed by atoms with Crippen LogP contribution in [0.1, 0.15) is 31.2 Å². The molecule has 2 aliphatic rings. The van der Waals surface area contributed by atoms with Crippen molar-refractivity contribution in [3.05, 3.63) is 60.2 Å². The predicted octanol–water partition coefficient (Wildman–Crippen LogP) is 2.86. The standard InChI is InChI=1S/C21H22N2O3/c1-14-21(25)23(18-9-5-6-10-19(18)26-14)12-11-20(24)22-17-13-16(17)15-7-3-2-4-8-15/h2-10,14,16-17H,11-13H2,1H3,(H,22,24)/t14-,16-,17-/m0/s1. The monoisotopic (exact) mass is 350 g/mol. The molecule has 134 valence electrons. The lowest BCUT2D eigenvalue weighted by Gasteiger charge is -2.32. The van der Waals surface area contributed by atoms with Crippen LogP contribution in [0.15, 0.2) is 54.6 Å². The molecule has 5 heteroatoms. The third-order valence-corrected chi connectivity index (χ3v) is 5.00. The average molecular weight is 350 g/mol. The highest BCUT2D eigenvalue weighted by Gasteiger charge is 2.39. The van der Waals surface area contributed by atoms with Gasteiger partial charge in [-0.2, -0.15) is 0 Å². The molecule has 1 fully saturated rings. The first-order valence-corrected chi connectivity index (χ1v) is 9.05. The molecule has 0 radical (unpaired) electrons. The first-order chi connectivity index (χ1) is 12.6. The maximum Gasteiger partial charge on any atom is 0.267 e. The lowest BCUT2D eigenvalue weighted by atomic mass is 10.1. The highest BCUT2D eigenvalue weighted by molar-refractivity contribution is 6.00. The summed E-state index contributed by atoms with van der Waals surface area (Å²) >= 11 is 0. The Morgan fingerprint density at radius 1 is 1.15 bits per heavy atom. The third-order valence-electron chi connectivity index (χ3n) is 5.00. The Morgan fingerprint density at radius 3 is 2.69 bits per heavy atom. The van der Waals surface area contributed by atoms with Crippen LogP contribution in [0.25, 0.3) is 0 Å². The normalized spacial score (nSPS) is 23.8. The van der Waals surface area contributed by atoms with E-state index in [-0.39, 0.29) is 24.3 Å². The van der Waals surface area contributed by atoms with E-state index in [9.17, 15) is 9.59 Å². The lowest BCUT2D eigenvalue weighted by molar-refractivity contribution is -0.125. The number of carbonyl (C=O) groups excluding carboxylic acids is 2. The van der Waals surface area contributed by atoms with Crippen molar-refractivity contribution in [1.29, 1.82) is 0 Å². The molecule has 26 heavy (non-hydrogen) atoms. The number of nitrogens with zero attached hydrogens (tertiary/aromatic N) is 1. The summed E-state index contributed by atoms with van der Waals surface area (Å²) in [5, 5.41) is 3.08. The lowest BCUT2D eigenvalue weighted by Crippen LogP contribution is -2.45. The van der Waals surface area contributed by atoms with E-state index in [2.05, 4.69) is 17.4 Å². The summed E-state index contributed by atoms with van der Waals surface area (Å²) in [6.07, 6.45) is 0.732. The van der Waals surface area contributed by atoms with Crippen molar-refractivity contribution in [2.75, 3.05) is 11.4 Å². The van der Waals surface area contributed by atoms with Crippen LogP contribution in [-0.2, 0) is 9.59 Å². The van der Waals surface area contributed by atoms with Gasteiger partial charge in [-0.3, -0.25) is 9.59 Å². The molecule has 2 aromatic carbocycles. The van der Waals surface area contributed by atoms with Crippen LogP contribution >= 0.6 is 0 Å². The summed E-state index contributed by atoms with van der Waals surface area (Å²) in [6.45, 7) is 2.10. The molecule has 0 unspecified atom stereocenters. The molecule has 0 bridgehead atoms. The van der Waals surface area contributed by atoms with Crippen molar-refractivity contribution in [1.82, 2.24) is 5.32 Å². The smallest absolute Gasteiger partial charge is 0.267 e. The van der Waals surface area contributed by atoms with E-state index in [1.54, 1.807) is 11.8 Å². The largest absolute Gasteiger partial charge is 0.479 e. The predicted molar refractivity (Wildman–Crippen MR) is 99.2 cm³/mol. The Labute approximate surface area is 153 Å². The fraction of sp³-hybridized carbons (Fsp3) is 0.333. The molecule has 2 aromatic rings. The van der Waals surface area contributed by atoms with E-state index in [1.807, 2.05) is 42.5 Å². The van der Waals surface area contributed by atoms with Gasteiger partial charge in [-0.05, 0) is 31.0 Å². The van der Waals surface area contributed by atoms with Gasteiger partial charge in [0.2, 0.25) is 5.91 Å². The third kappa shape index (κ3) is 3.29. The molecule has 5 nitrogen and oxygen atoms in total. The van der Waals surface area contributed by atoms with Crippen molar-refractivity contribution >= 4 is 17.5 Å². The number of anilines is 1. The minimum absolute atomic E-state index is 0.0159. The fourth-order valence-electron chi connectivity index (χ4n) is 3.50. The zero-order valence-electron chi connectivity index (χ0n) is 14.7. The van der Waals surface area contributed by atoms with Gasteiger partial charge >= 0.3 is 0 Å². The van der Waals surface area contributed by atoms with Gasteiger partial charge in [0, 0.05) is 24.9 Å². The average Bonchev–Trinajstić information content (AvgIpc) is 3.42. The van der Waals surface area contributed by atoms with Gasteiger partial charge in [0.25, 0.3) is 5.91 Å². The minimum Gasteiger partial charge on any atom is -0.479 e. The second-order valence-corrected chi connectivity index (χ2v) is 6.89. The van der Waals surface area contributed by atoms with Crippen LogP contribution in [0.3, 0.4) is 0 Å². The van der Waals surface area contributed by atoms with Gasteiger partial charge < -0.3 is 15.0 Å². The number of fused-ring (bicyclic) bond motifs is 1. The van der Waals surface area contributed by atoms with Crippen molar-refractivity contribution in [3.63, 3.8) is 0 Å². The molecule has 1 saturated carbocycles. The van der Waals surface area contributed by atoms with Crippen LogP contribution < -0.4 is 15.0 Å². The fourth-order valence-corrected chi connectivity index (χ4v) is 3.50. The number of nitrogens with one attached hydrogen (secondary N) is 1. The number of rotatable bonds is 5. The molecular weight excluding hydrogens is 328 g/mol. The molecule has 3 atom stereocenters. The SMILES string of the molecule is C[C@@H]1Oc2ccccc2N(CCC(=O)N[C@H]2C[C@H]2c2ccccc2)C1=O. The quantitative estimate of drug-likeness (QED) is 0.902. The molecule has 1 aliphatic carbocycles. The van der Waals surface area contributed by atoms with Gasteiger partial charge in [-0.15, -0.1) is 0 Å². The van der Waals surface area contributed by atoms with Gasteiger partial charge in [0.15, 0.2) is 6.10 Å². The zero-order chi connectivity index (χ0) is 18.1. The van der Waals surface area contributed by atoms with E-state index in [0.29, 0.717) is 18.2 Å². The first kappa shape index (κ1) is 16.6. The topological polar surface area (TPSA) is 58.6 Å². The van der Waals surface area contributed by atoms with Crippen molar-refractivity contribution < 1.29 is 14.3 Å². The second kappa shape index (κ2) is 6.83. The van der Waals surface area contributed by atoms with Crippen molar-refractivity contribution in [3.8, 4) is 5.75 Å². The van der Waals surface area contributed by atoms with Crippen LogP contribution in [-0.4, -0.2) is 30.5 Å². The van der Waals surface area contributed by atoms with Crippen LogP contribution in [0.5, 0.6) is 5.75 Å². The highest BCUT2D eigenvalue weighted by Crippen LogP contribution is 2.40. The summed E-state index contributed by atoms with van der Waals surface area (Å²) in [5.41, 5.74) is 2.00. The molecule has 0 saturated heterocycles. The summed E-state index contributed by atoms with van der Waals surface area (Å²) in [4.78, 5) is 26.4. The van der Waals surface area contributed by atoms with Crippen LogP contribution in [0.4, 0.5) is 5.69 Å². The molecule has 2 amide bonds. The molecular formula is C21H22N2O3. The Balaban J connectivity index is 1.34. The number of carbonyl (C=O) groups is 2. The van der Waals surface area contributed by atoms with Gasteiger partial charge in [0.1, 0.15) is 5.75 Å². The molecule has 0 aromatic heterocycles. The number of amides is 2. The van der Waals surface area contributed by atoms with E-state index in [1.165, 1.54) is 5.56 Å². The first-order valence-electron chi connectivity index (χ1n) is 9.05. The maximum atomic E-state index is 12.4. The summed E-state index contributed by atoms with van der Waals surface area (Å²) in [5.74, 6) is 0.972. The van der Waals surface area contributed by atoms with Crippen molar-refractivity contribution in [2.45, 2.75) is 37.8 Å². The van der Waals surface area contributed by atoms with E-state index < -0.39 is 6.10 Å². The molecule has 1 aliphatic heterocycles. The van der Waals surface area contributed by atoms with E-state index in [0.717, 1.165) is 12.1 Å². The zero-order valence-corrected chi connectivity index (χ0v) is 14.7. The highest BCUT2D eigenvalue weighted by atomic mass is 16.5. The Bertz CT molecular complexity index is 821. The minimum atomic E-state index is -0.529. The van der Waals surface area contributed by atoms with Crippen LogP contribution in [0, 0.1) is 0 Å². The second-order valence-electron chi connectivity index (χ2n) is 6.89. The van der Waals surface area contributed by atoms with E-state index >= 15 is 0 Å². The molecule has 4 rings (SSSR count). The Hall–Kier alpha value is -2.82. The Kier molecular flexibility index (Phi) is 4.37. The van der Waals surface area contributed by atoms with Gasteiger partial charge in [-0.25, -0.2) is 0 Å². The van der Waals surface area contributed by atoms with Crippen LogP contribution in [0.2, 0.25) is 0 Å².